The van der Waals surface area contributed by atoms with Crippen LogP contribution in [0, 0.1) is 0 Å². The van der Waals surface area contributed by atoms with Gasteiger partial charge in [-0.25, -0.2) is 8.42 Å². The second kappa shape index (κ2) is 6.15. The van der Waals surface area contributed by atoms with Crippen molar-refractivity contribution in [3.05, 3.63) is 29.8 Å². The molecule has 5 nitrogen and oxygen atoms in total. The summed E-state index contributed by atoms with van der Waals surface area (Å²) in [5.41, 5.74) is 0.389. The highest BCUT2D eigenvalue weighted by Gasteiger charge is 2.33. The minimum Gasteiger partial charge on any atom is -0.350 e. The Kier molecular flexibility index (Phi) is 4.68. The van der Waals surface area contributed by atoms with Crippen LogP contribution in [0.15, 0.2) is 29.2 Å². The molecule has 0 aromatic heterocycles. The first kappa shape index (κ1) is 16.0. The van der Waals surface area contributed by atoms with Crippen molar-refractivity contribution in [1.82, 2.24) is 10.6 Å². The number of sulfone groups is 1. The van der Waals surface area contributed by atoms with Crippen molar-refractivity contribution in [2.24, 2.45) is 0 Å². The highest BCUT2D eigenvalue weighted by atomic mass is 32.2. The van der Waals surface area contributed by atoms with Gasteiger partial charge in [0.05, 0.1) is 10.4 Å². The maximum Gasteiger partial charge on any atom is 0.240 e. The molecule has 1 saturated heterocycles. The Morgan fingerprint density at radius 1 is 1.29 bits per heavy atom. The SMILES string of the molecule is CC1(C(=O)NCc2ccc(S(C)(=O)=O)cc2)CCCCN1. The summed E-state index contributed by atoms with van der Waals surface area (Å²) in [5, 5.41) is 6.19. The third-order valence-electron chi connectivity index (χ3n) is 3.92. The Balaban J connectivity index is 1.95. The summed E-state index contributed by atoms with van der Waals surface area (Å²) in [6.45, 7) is 3.20. The molecule has 0 radical (unpaired) electrons. The average molecular weight is 310 g/mol. The molecule has 1 heterocycles. The van der Waals surface area contributed by atoms with Gasteiger partial charge < -0.3 is 10.6 Å². The highest BCUT2D eigenvalue weighted by Crippen LogP contribution is 2.19. The zero-order valence-corrected chi connectivity index (χ0v) is 13.3. The summed E-state index contributed by atoms with van der Waals surface area (Å²) in [5.74, 6) is -0.00519. The molecule has 0 aliphatic carbocycles. The molecule has 21 heavy (non-hydrogen) atoms. The maximum absolute atomic E-state index is 12.2. The van der Waals surface area contributed by atoms with Gasteiger partial charge in [0.2, 0.25) is 5.91 Å². The Labute approximate surface area is 126 Å². The van der Waals surface area contributed by atoms with E-state index >= 15 is 0 Å². The van der Waals surface area contributed by atoms with E-state index in [1.807, 2.05) is 6.92 Å². The molecule has 0 saturated carbocycles. The molecule has 1 fully saturated rings. The number of benzene rings is 1. The number of piperidine rings is 1. The molecule has 2 rings (SSSR count). The number of nitrogens with one attached hydrogen (secondary N) is 2. The second-order valence-corrected chi connectivity index (χ2v) is 7.83. The van der Waals surface area contributed by atoms with Crippen molar-refractivity contribution in [1.29, 1.82) is 0 Å². The van der Waals surface area contributed by atoms with E-state index in [2.05, 4.69) is 10.6 Å². The number of rotatable bonds is 4. The first-order chi connectivity index (χ1) is 9.81. The first-order valence-electron chi connectivity index (χ1n) is 7.14. The number of carbonyl (C=O) groups is 1. The standard InChI is InChI=1S/C15H22N2O3S/c1-15(9-3-4-10-17-15)14(18)16-11-12-5-7-13(8-6-12)21(2,19)20/h5-8,17H,3-4,9-11H2,1-2H3,(H,16,18). The van der Waals surface area contributed by atoms with Crippen molar-refractivity contribution < 1.29 is 13.2 Å². The molecule has 1 amide bonds. The fourth-order valence-corrected chi connectivity index (χ4v) is 3.11. The van der Waals surface area contributed by atoms with E-state index in [0.29, 0.717) is 11.4 Å². The van der Waals surface area contributed by atoms with Gasteiger partial charge in [0.25, 0.3) is 0 Å². The molecule has 116 valence electrons. The van der Waals surface area contributed by atoms with Gasteiger partial charge in [-0.2, -0.15) is 0 Å². The van der Waals surface area contributed by atoms with E-state index in [1.165, 1.54) is 6.26 Å². The molecule has 1 aromatic rings. The normalized spacial score (nSPS) is 22.8. The van der Waals surface area contributed by atoms with Gasteiger partial charge in [0.15, 0.2) is 9.84 Å². The third kappa shape index (κ3) is 4.04. The van der Waals surface area contributed by atoms with Crippen LogP contribution in [0.5, 0.6) is 0 Å². The van der Waals surface area contributed by atoms with Gasteiger partial charge in [-0.3, -0.25) is 4.79 Å². The van der Waals surface area contributed by atoms with Crippen molar-refractivity contribution in [3.63, 3.8) is 0 Å². The summed E-state index contributed by atoms with van der Waals surface area (Å²) in [7, 11) is -3.18. The monoisotopic (exact) mass is 310 g/mol. The lowest BCUT2D eigenvalue weighted by molar-refractivity contribution is -0.128. The van der Waals surface area contributed by atoms with Crippen molar-refractivity contribution in [3.8, 4) is 0 Å². The van der Waals surface area contributed by atoms with E-state index in [1.54, 1.807) is 24.3 Å². The Morgan fingerprint density at radius 3 is 2.48 bits per heavy atom. The molecular formula is C15H22N2O3S. The number of hydrogen-bond donors (Lipinski definition) is 2. The van der Waals surface area contributed by atoms with Crippen LogP contribution in [-0.2, 0) is 21.2 Å². The lowest BCUT2D eigenvalue weighted by atomic mass is 9.90. The van der Waals surface area contributed by atoms with Crippen LogP contribution >= 0.6 is 0 Å². The molecule has 0 bridgehead atoms. The molecule has 0 spiro atoms. The van der Waals surface area contributed by atoms with Gasteiger partial charge >= 0.3 is 0 Å². The zero-order chi connectivity index (χ0) is 15.5. The predicted octanol–water partition coefficient (Wildman–Crippen LogP) is 1.24. The van der Waals surface area contributed by atoms with Gasteiger partial charge in [-0.15, -0.1) is 0 Å². The van der Waals surface area contributed by atoms with Crippen molar-refractivity contribution in [2.45, 2.75) is 43.2 Å². The number of amides is 1. The highest BCUT2D eigenvalue weighted by molar-refractivity contribution is 7.90. The van der Waals surface area contributed by atoms with Gasteiger partial charge in [0.1, 0.15) is 0 Å². The predicted molar refractivity (Wildman–Crippen MR) is 81.7 cm³/mol. The Hall–Kier alpha value is -1.40. The largest absolute Gasteiger partial charge is 0.350 e. The summed E-state index contributed by atoms with van der Waals surface area (Å²) >= 11 is 0. The molecule has 1 aromatic carbocycles. The smallest absolute Gasteiger partial charge is 0.240 e. The molecule has 1 aliphatic rings. The van der Waals surface area contributed by atoms with Crippen LogP contribution < -0.4 is 10.6 Å². The molecule has 6 heteroatoms. The van der Waals surface area contributed by atoms with Crippen LogP contribution in [0.25, 0.3) is 0 Å². The molecule has 1 atom stereocenters. The molecular weight excluding hydrogens is 288 g/mol. The lowest BCUT2D eigenvalue weighted by Crippen LogP contribution is -2.56. The number of carbonyl (C=O) groups excluding carboxylic acids is 1. The summed E-state index contributed by atoms with van der Waals surface area (Å²) in [6, 6.07) is 6.59. The molecule has 1 unspecified atom stereocenters. The van der Waals surface area contributed by atoms with E-state index in [4.69, 9.17) is 0 Å². The second-order valence-electron chi connectivity index (χ2n) is 5.81. The lowest BCUT2D eigenvalue weighted by Gasteiger charge is -2.33. The van der Waals surface area contributed by atoms with Gasteiger partial charge in [0, 0.05) is 12.8 Å². The first-order valence-corrected chi connectivity index (χ1v) is 9.03. The van der Waals surface area contributed by atoms with Crippen molar-refractivity contribution >= 4 is 15.7 Å². The summed E-state index contributed by atoms with van der Waals surface area (Å²) in [4.78, 5) is 12.5. The molecule has 1 aliphatic heterocycles. The quantitative estimate of drug-likeness (QED) is 0.877. The Morgan fingerprint density at radius 2 is 1.95 bits per heavy atom. The Bertz CT molecular complexity index is 602. The van der Waals surface area contributed by atoms with E-state index in [9.17, 15) is 13.2 Å². The van der Waals surface area contributed by atoms with Crippen LogP contribution in [0.4, 0.5) is 0 Å². The van der Waals surface area contributed by atoms with Crippen LogP contribution in [0.2, 0.25) is 0 Å². The molecule has 2 N–H and O–H groups in total. The van der Waals surface area contributed by atoms with Gasteiger partial charge in [-0.05, 0) is 50.4 Å². The maximum atomic E-state index is 12.2. The fourth-order valence-electron chi connectivity index (χ4n) is 2.48. The number of hydrogen-bond acceptors (Lipinski definition) is 4. The minimum atomic E-state index is -3.18. The fraction of sp³-hybridized carbons (Fsp3) is 0.533. The van der Waals surface area contributed by atoms with Crippen LogP contribution in [0.3, 0.4) is 0 Å². The third-order valence-corrected chi connectivity index (χ3v) is 5.05. The minimum absolute atomic E-state index is 0.00519. The van der Waals surface area contributed by atoms with Crippen molar-refractivity contribution in [2.75, 3.05) is 12.8 Å². The van der Waals surface area contributed by atoms with E-state index < -0.39 is 15.4 Å². The van der Waals surface area contributed by atoms with E-state index in [0.717, 1.165) is 31.4 Å². The summed E-state index contributed by atoms with van der Waals surface area (Å²) < 4.78 is 22.8. The topological polar surface area (TPSA) is 75.3 Å². The van der Waals surface area contributed by atoms with Crippen LogP contribution in [0.1, 0.15) is 31.7 Å². The zero-order valence-electron chi connectivity index (χ0n) is 12.5. The van der Waals surface area contributed by atoms with Crippen LogP contribution in [-0.4, -0.2) is 32.7 Å². The summed E-state index contributed by atoms with van der Waals surface area (Å²) in [6.07, 6.45) is 4.18. The average Bonchev–Trinajstić information content (AvgIpc) is 2.45. The van der Waals surface area contributed by atoms with E-state index in [-0.39, 0.29) is 5.91 Å². The van der Waals surface area contributed by atoms with Gasteiger partial charge in [-0.1, -0.05) is 12.1 Å².